The molecule has 3 rings (SSSR count). The number of nitrogens with zero attached hydrogens (tertiary/aromatic N) is 2. The summed E-state index contributed by atoms with van der Waals surface area (Å²) in [6.45, 7) is 0.976. The van der Waals surface area contributed by atoms with Crippen LogP contribution in [0.4, 0.5) is 10.1 Å². The minimum absolute atomic E-state index is 0.0800. The predicted molar refractivity (Wildman–Crippen MR) is 94.8 cm³/mol. The quantitative estimate of drug-likeness (QED) is 0.923. The molecule has 2 aromatic rings. The van der Waals surface area contributed by atoms with Gasteiger partial charge in [0.15, 0.2) is 0 Å². The van der Waals surface area contributed by atoms with Gasteiger partial charge in [-0.1, -0.05) is 0 Å². The first-order valence-electron chi connectivity index (χ1n) is 8.42. The number of hydrogen-bond donors (Lipinski definition) is 1. The van der Waals surface area contributed by atoms with E-state index in [1.165, 1.54) is 24.3 Å². The second-order valence-electron chi connectivity index (χ2n) is 6.25. The maximum atomic E-state index is 13.0. The van der Waals surface area contributed by atoms with Crippen LogP contribution in [0.5, 0.6) is 0 Å². The Balaban J connectivity index is 1.54. The van der Waals surface area contributed by atoms with Gasteiger partial charge in [-0.25, -0.2) is 4.39 Å². The van der Waals surface area contributed by atoms with Crippen LogP contribution in [0.3, 0.4) is 0 Å². The molecule has 132 valence electrons. The topological polar surface area (TPSA) is 73.2 Å². The number of anilines is 1. The number of piperidine rings is 1. The zero-order valence-electron chi connectivity index (χ0n) is 14.1. The highest BCUT2D eigenvalue weighted by Crippen LogP contribution is 2.21. The third-order valence-electron chi connectivity index (χ3n) is 4.53. The number of carbonyl (C=O) groups is 2. The molecule has 0 atom stereocenters. The van der Waals surface area contributed by atoms with Gasteiger partial charge >= 0.3 is 0 Å². The molecule has 0 unspecified atom stereocenters. The van der Waals surface area contributed by atoms with E-state index in [0.29, 0.717) is 42.7 Å². The summed E-state index contributed by atoms with van der Waals surface area (Å²) in [6.07, 6.45) is 1.16. The summed E-state index contributed by atoms with van der Waals surface area (Å²) in [5.41, 5.74) is 1.64. The van der Waals surface area contributed by atoms with E-state index in [1.54, 1.807) is 29.2 Å². The zero-order chi connectivity index (χ0) is 18.5. The third kappa shape index (κ3) is 4.06. The van der Waals surface area contributed by atoms with E-state index < -0.39 is 0 Å². The summed E-state index contributed by atoms with van der Waals surface area (Å²) in [4.78, 5) is 26.5. The fraction of sp³-hybridized carbons (Fsp3) is 0.250. The largest absolute Gasteiger partial charge is 0.339 e. The van der Waals surface area contributed by atoms with E-state index in [2.05, 4.69) is 5.32 Å². The molecule has 0 aliphatic carbocycles. The highest BCUT2D eigenvalue weighted by atomic mass is 19.1. The van der Waals surface area contributed by atoms with Gasteiger partial charge in [0, 0.05) is 30.3 Å². The standard InChI is InChI=1S/C20H18FN3O2/c21-17-5-3-16(4-6-17)20(26)24-11-9-15(10-12-24)19(25)23-18-7-1-14(13-22)2-8-18/h1-8,15H,9-12H2,(H,23,25). The smallest absolute Gasteiger partial charge is 0.253 e. The van der Waals surface area contributed by atoms with Gasteiger partial charge in [-0.15, -0.1) is 0 Å². The Morgan fingerprint density at radius 2 is 1.65 bits per heavy atom. The number of benzene rings is 2. The van der Waals surface area contributed by atoms with Crippen LogP contribution in [-0.4, -0.2) is 29.8 Å². The molecule has 0 saturated carbocycles. The molecule has 1 aliphatic rings. The predicted octanol–water partition coefficient (Wildman–Crippen LogP) is 3.19. The van der Waals surface area contributed by atoms with E-state index in [-0.39, 0.29) is 23.5 Å². The molecule has 5 nitrogen and oxygen atoms in total. The van der Waals surface area contributed by atoms with Crippen LogP contribution < -0.4 is 5.32 Å². The highest BCUT2D eigenvalue weighted by molar-refractivity contribution is 5.95. The van der Waals surface area contributed by atoms with Gasteiger partial charge in [-0.2, -0.15) is 5.26 Å². The molecule has 2 amide bonds. The number of amides is 2. The van der Waals surface area contributed by atoms with Crippen molar-refractivity contribution in [3.63, 3.8) is 0 Å². The Kier molecular flexibility index (Phi) is 5.28. The van der Waals surface area contributed by atoms with Crippen molar-refractivity contribution in [2.75, 3.05) is 18.4 Å². The molecular weight excluding hydrogens is 333 g/mol. The molecule has 2 aromatic carbocycles. The number of nitriles is 1. The number of halogens is 1. The van der Waals surface area contributed by atoms with Crippen LogP contribution in [0.25, 0.3) is 0 Å². The van der Waals surface area contributed by atoms with Crippen molar-refractivity contribution in [2.45, 2.75) is 12.8 Å². The molecule has 6 heteroatoms. The van der Waals surface area contributed by atoms with Crippen LogP contribution >= 0.6 is 0 Å². The Labute approximate surface area is 151 Å². The molecule has 0 aromatic heterocycles. The average molecular weight is 351 g/mol. The second kappa shape index (κ2) is 7.79. The van der Waals surface area contributed by atoms with E-state index >= 15 is 0 Å². The van der Waals surface area contributed by atoms with Gasteiger partial charge < -0.3 is 10.2 Å². The van der Waals surface area contributed by atoms with Crippen molar-refractivity contribution in [3.8, 4) is 6.07 Å². The molecular formula is C20H18FN3O2. The summed E-state index contributed by atoms with van der Waals surface area (Å²) in [5, 5.41) is 11.6. The Bertz CT molecular complexity index is 833. The number of carbonyl (C=O) groups excluding carboxylic acids is 2. The van der Waals surface area contributed by atoms with Crippen molar-refractivity contribution in [1.82, 2.24) is 4.90 Å². The maximum Gasteiger partial charge on any atom is 0.253 e. The lowest BCUT2D eigenvalue weighted by atomic mass is 9.95. The Morgan fingerprint density at radius 1 is 1.04 bits per heavy atom. The zero-order valence-corrected chi connectivity index (χ0v) is 14.1. The van der Waals surface area contributed by atoms with E-state index in [4.69, 9.17) is 5.26 Å². The van der Waals surface area contributed by atoms with Gasteiger partial charge in [0.2, 0.25) is 5.91 Å². The number of nitrogens with one attached hydrogen (secondary N) is 1. The summed E-state index contributed by atoms with van der Waals surface area (Å²) >= 11 is 0. The fourth-order valence-electron chi connectivity index (χ4n) is 2.99. The van der Waals surface area contributed by atoms with Crippen LogP contribution in [0, 0.1) is 23.1 Å². The third-order valence-corrected chi connectivity index (χ3v) is 4.53. The lowest BCUT2D eigenvalue weighted by Gasteiger charge is -2.31. The first-order valence-corrected chi connectivity index (χ1v) is 8.42. The molecule has 1 heterocycles. The molecule has 1 N–H and O–H groups in total. The van der Waals surface area contributed by atoms with Crippen LogP contribution in [0.2, 0.25) is 0 Å². The van der Waals surface area contributed by atoms with E-state index in [9.17, 15) is 14.0 Å². The summed E-state index contributed by atoms with van der Waals surface area (Å²) < 4.78 is 13.0. The van der Waals surface area contributed by atoms with Gasteiger partial charge in [0.1, 0.15) is 5.82 Å². The van der Waals surface area contributed by atoms with Gasteiger partial charge in [0.25, 0.3) is 5.91 Å². The van der Waals surface area contributed by atoms with Crippen molar-refractivity contribution >= 4 is 17.5 Å². The van der Waals surface area contributed by atoms with Gasteiger partial charge in [-0.05, 0) is 61.4 Å². The lowest BCUT2D eigenvalue weighted by molar-refractivity contribution is -0.121. The summed E-state index contributed by atoms with van der Waals surface area (Å²) in [6, 6.07) is 14.2. The highest BCUT2D eigenvalue weighted by Gasteiger charge is 2.27. The fourth-order valence-corrected chi connectivity index (χ4v) is 2.99. The molecule has 0 radical (unpaired) electrons. The van der Waals surface area contributed by atoms with Crippen LogP contribution in [-0.2, 0) is 4.79 Å². The average Bonchev–Trinajstić information content (AvgIpc) is 2.69. The summed E-state index contributed by atoms with van der Waals surface area (Å²) in [7, 11) is 0. The normalized spacial score (nSPS) is 14.5. The van der Waals surface area contributed by atoms with E-state index in [1.807, 2.05) is 6.07 Å². The Morgan fingerprint density at radius 3 is 2.23 bits per heavy atom. The molecule has 1 fully saturated rings. The minimum atomic E-state index is -0.375. The molecule has 26 heavy (non-hydrogen) atoms. The first-order chi connectivity index (χ1) is 12.6. The monoisotopic (exact) mass is 351 g/mol. The van der Waals surface area contributed by atoms with Crippen molar-refractivity contribution in [3.05, 3.63) is 65.5 Å². The Hall–Kier alpha value is -3.20. The SMILES string of the molecule is N#Cc1ccc(NC(=O)C2CCN(C(=O)c3ccc(F)cc3)CC2)cc1. The first kappa shape index (κ1) is 17.6. The minimum Gasteiger partial charge on any atom is -0.339 e. The number of rotatable bonds is 3. The van der Waals surface area contributed by atoms with Crippen molar-refractivity contribution in [2.24, 2.45) is 5.92 Å². The van der Waals surface area contributed by atoms with E-state index in [0.717, 1.165) is 0 Å². The maximum absolute atomic E-state index is 13.0. The molecule has 1 saturated heterocycles. The molecule has 0 bridgehead atoms. The van der Waals surface area contributed by atoms with Gasteiger partial charge in [0.05, 0.1) is 11.6 Å². The molecule has 1 aliphatic heterocycles. The van der Waals surface area contributed by atoms with Crippen LogP contribution in [0.15, 0.2) is 48.5 Å². The van der Waals surface area contributed by atoms with Gasteiger partial charge in [-0.3, -0.25) is 9.59 Å². The van der Waals surface area contributed by atoms with Crippen LogP contribution in [0.1, 0.15) is 28.8 Å². The summed E-state index contributed by atoms with van der Waals surface area (Å²) in [5.74, 6) is -0.762. The number of likely N-dealkylation sites (tertiary alicyclic amines) is 1. The second-order valence-corrected chi connectivity index (χ2v) is 6.25. The van der Waals surface area contributed by atoms with Crippen molar-refractivity contribution < 1.29 is 14.0 Å². The van der Waals surface area contributed by atoms with Crippen molar-refractivity contribution in [1.29, 1.82) is 5.26 Å². The molecule has 0 spiro atoms. The lowest BCUT2D eigenvalue weighted by Crippen LogP contribution is -2.41. The number of hydrogen-bond acceptors (Lipinski definition) is 3.